The van der Waals surface area contributed by atoms with Gasteiger partial charge in [0.25, 0.3) is 5.91 Å². The first kappa shape index (κ1) is 14.0. The molecular formula is C14H10BrClFNO. The van der Waals surface area contributed by atoms with E-state index in [-0.39, 0.29) is 5.91 Å². The van der Waals surface area contributed by atoms with E-state index in [0.29, 0.717) is 21.6 Å². The Morgan fingerprint density at radius 2 is 2.05 bits per heavy atom. The van der Waals surface area contributed by atoms with Crippen molar-refractivity contribution < 1.29 is 9.18 Å². The van der Waals surface area contributed by atoms with E-state index in [0.717, 1.165) is 5.56 Å². The van der Waals surface area contributed by atoms with Crippen LogP contribution in [0.3, 0.4) is 0 Å². The molecule has 0 bridgehead atoms. The lowest BCUT2D eigenvalue weighted by molar-refractivity contribution is 0.102. The Morgan fingerprint density at radius 1 is 1.26 bits per heavy atom. The summed E-state index contributed by atoms with van der Waals surface area (Å²) < 4.78 is 13.7. The molecule has 0 radical (unpaired) electrons. The minimum atomic E-state index is -0.424. The zero-order valence-electron chi connectivity index (χ0n) is 9.79. The molecular weight excluding hydrogens is 333 g/mol. The van der Waals surface area contributed by atoms with Crippen LogP contribution < -0.4 is 5.32 Å². The highest BCUT2D eigenvalue weighted by molar-refractivity contribution is 9.10. The van der Waals surface area contributed by atoms with Crippen molar-refractivity contribution in [2.24, 2.45) is 0 Å². The molecule has 2 aromatic carbocycles. The van der Waals surface area contributed by atoms with Gasteiger partial charge in [0.15, 0.2) is 0 Å². The van der Waals surface area contributed by atoms with Crippen LogP contribution in [0.15, 0.2) is 46.9 Å². The average Bonchev–Trinajstić information content (AvgIpc) is 2.43. The molecule has 1 amide bonds. The summed E-state index contributed by atoms with van der Waals surface area (Å²) in [7, 11) is 0. The summed E-state index contributed by atoms with van der Waals surface area (Å²) >= 11 is 8.77. The number of carbonyl (C=O) groups excluding carboxylic acids is 1. The number of nitrogens with one attached hydrogen (secondary N) is 1. The van der Waals surface area contributed by atoms with E-state index < -0.39 is 5.82 Å². The van der Waals surface area contributed by atoms with Crippen LogP contribution in [0.5, 0.6) is 0 Å². The summed E-state index contributed by atoms with van der Waals surface area (Å²) in [4.78, 5) is 12.0. The molecule has 0 aliphatic heterocycles. The fourth-order valence-electron chi connectivity index (χ4n) is 1.57. The Hall–Kier alpha value is -1.39. The summed E-state index contributed by atoms with van der Waals surface area (Å²) in [6, 6.07) is 11.4. The van der Waals surface area contributed by atoms with Gasteiger partial charge in [0.1, 0.15) is 5.82 Å². The number of anilines is 1. The second-order valence-corrected chi connectivity index (χ2v) is 5.04. The van der Waals surface area contributed by atoms with E-state index in [4.69, 9.17) is 11.6 Å². The number of hydrogen-bond donors (Lipinski definition) is 1. The normalized spacial score (nSPS) is 10.3. The van der Waals surface area contributed by atoms with Crippen molar-refractivity contribution >= 4 is 39.1 Å². The van der Waals surface area contributed by atoms with Gasteiger partial charge in [0, 0.05) is 17.1 Å². The highest BCUT2D eigenvalue weighted by Gasteiger charge is 2.08. The molecule has 0 spiro atoms. The molecule has 5 heteroatoms. The van der Waals surface area contributed by atoms with Crippen LogP contribution in [0.25, 0.3) is 0 Å². The predicted octanol–water partition coefficient (Wildman–Crippen LogP) is 4.58. The molecule has 0 saturated heterocycles. The topological polar surface area (TPSA) is 29.1 Å². The first-order chi connectivity index (χ1) is 9.10. The molecule has 98 valence electrons. The SMILES string of the molecule is O=C(Nc1ccc(Br)c(F)c1)c1cccc(CCl)c1. The largest absolute Gasteiger partial charge is 0.322 e. The monoisotopic (exact) mass is 341 g/mol. The molecule has 0 fully saturated rings. The van der Waals surface area contributed by atoms with Gasteiger partial charge in [-0.1, -0.05) is 12.1 Å². The fourth-order valence-corrected chi connectivity index (χ4v) is 1.99. The summed E-state index contributed by atoms with van der Waals surface area (Å²) in [6.07, 6.45) is 0. The number of rotatable bonds is 3. The van der Waals surface area contributed by atoms with Gasteiger partial charge in [-0.2, -0.15) is 0 Å². The van der Waals surface area contributed by atoms with E-state index in [2.05, 4.69) is 21.2 Å². The minimum Gasteiger partial charge on any atom is -0.322 e. The van der Waals surface area contributed by atoms with Crippen LogP contribution in [-0.2, 0) is 5.88 Å². The van der Waals surface area contributed by atoms with Crippen LogP contribution in [0.2, 0.25) is 0 Å². The molecule has 0 saturated carbocycles. The third-order valence-electron chi connectivity index (χ3n) is 2.52. The molecule has 2 nitrogen and oxygen atoms in total. The van der Waals surface area contributed by atoms with Crippen molar-refractivity contribution in [3.8, 4) is 0 Å². The van der Waals surface area contributed by atoms with Gasteiger partial charge in [0.2, 0.25) is 0 Å². The van der Waals surface area contributed by atoms with Crippen molar-refractivity contribution in [1.82, 2.24) is 0 Å². The molecule has 0 atom stereocenters. The van der Waals surface area contributed by atoms with Crippen molar-refractivity contribution in [1.29, 1.82) is 0 Å². The highest BCUT2D eigenvalue weighted by Crippen LogP contribution is 2.20. The van der Waals surface area contributed by atoms with Crippen LogP contribution in [0, 0.1) is 5.82 Å². The number of halogens is 3. The molecule has 0 aromatic heterocycles. The quantitative estimate of drug-likeness (QED) is 0.813. The summed E-state index contributed by atoms with van der Waals surface area (Å²) in [6.45, 7) is 0. The average molecular weight is 343 g/mol. The maximum Gasteiger partial charge on any atom is 0.255 e. The smallest absolute Gasteiger partial charge is 0.255 e. The van der Waals surface area contributed by atoms with Crippen molar-refractivity contribution in [2.75, 3.05) is 5.32 Å². The summed E-state index contributed by atoms with van der Waals surface area (Å²) in [5.41, 5.74) is 1.75. The van der Waals surface area contributed by atoms with Gasteiger partial charge in [-0.15, -0.1) is 11.6 Å². The van der Waals surface area contributed by atoms with Gasteiger partial charge < -0.3 is 5.32 Å². The van der Waals surface area contributed by atoms with E-state index in [1.165, 1.54) is 6.07 Å². The second kappa shape index (κ2) is 6.17. The minimum absolute atomic E-state index is 0.298. The Bertz CT molecular complexity index is 618. The fraction of sp³-hybridized carbons (Fsp3) is 0.0714. The second-order valence-electron chi connectivity index (χ2n) is 3.92. The van der Waals surface area contributed by atoms with Crippen molar-refractivity contribution in [3.63, 3.8) is 0 Å². The van der Waals surface area contributed by atoms with E-state index in [1.54, 1.807) is 30.3 Å². The molecule has 0 aliphatic rings. The first-order valence-corrected chi connectivity index (χ1v) is 6.84. The molecule has 1 N–H and O–H groups in total. The van der Waals surface area contributed by atoms with Crippen molar-refractivity contribution in [2.45, 2.75) is 5.88 Å². The van der Waals surface area contributed by atoms with Crippen LogP contribution in [0.4, 0.5) is 10.1 Å². The van der Waals surface area contributed by atoms with Gasteiger partial charge in [-0.25, -0.2) is 4.39 Å². The molecule has 19 heavy (non-hydrogen) atoms. The lowest BCUT2D eigenvalue weighted by Crippen LogP contribution is -2.12. The Labute approximate surface area is 123 Å². The molecule has 0 heterocycles. The Morgan fingerprint density at radius 3 is 2.74 bits per heavy atom. The lowest BCUT2D eigenvalue weighted by atomic mass is 10.1. The van der Waals surface area contributed by atoms with Crippen LogP contribution >= 0.6 is 27.5 Å². The van der Waals surface area contributed by atoms with E-state index in [9.17, 15) is 9.18 Å². The van der Waals surface area contributed by atoms with E-state index >= 15 is 0 Å². The Kier molecular flexibility index (Phi) is 4.56. The number of benzene rings is 2. The highest BCUT2D eigenvalue weighted by atomic mass is 79.9. The van der Waals surface area contributed by atoms with Gasteiger partial charge in [0.05, 0.1) is 4.47 Å². The standard InChI is InChI=1S/C14H10BrClFNO/c15-12-5-4-11(7-13(12)17)18-14(19)10-3-1-2-9(6-10)8-16/h1-7H,8H2,(H,18,19). The van der Waals surface area contributed by atoms with Crippen LogP contribution in [-0.4, -0.2) is 5.91 Å². The maximum absolute atomic E-state index is 13.3. The number of alkyl halides is 1. The van der Waals surface area contributed by atoms with Crippen LogP contribution in [0.1, 0.15) is 15.9 Å². The van der Waals surface area contributed by atoms with Gasteiger partial charge >= 0.3 is 0 Å². The third kappa shape index (κ3) is 3.55. The van der Waals surface area contributed by atoms with E-state index in [1.807, 2.05) is 6.07 Å². The molecule has 2 aromatic rings. The van der Waals surface area contributed by atoms with Crippen molar-refractivity contribution in [3.05, 3.63) is 63.9 Å². The van der Waals surface area contributed by atoms with Gasteiger partial charge in [-0.3, -0.25) is 4.79 Å². The first-order valence-electron chi connectivity index (χ1n) is 5.51. The molecule has 0 aliphatic carbocycles. The lowest BCUT2D eigenvalue weighted by Gasteiger charge is -2.07. The summed E-state index contributed by atoms with van der Waals surface area (Å²) in [5.74, 6) is -0.380. The summed E-state index contributed by atoms with van der Waals surface area (Å²) in [5, 5.41) is 2.63. The number of carbonyl (C=O) groups is 1. The Balaban J connectivity index is 2.18. The molecule has 0 unspecified atom stereocenters. The third-order valence-corrected chi connectivity index (χ3v) is 3.47. The maximum atomic E-state index is 13.3. The van der Waals surface area contributed by atoms with Gasteiger partial charge in [-0.05, 0) is 51.8 Å². The zero-order chi connectivity index (χ0) is 13.8. The molecule has 2 rings (SSSR count). The number of amides is 1. The predicted molar refractivity (Wildman–Crippen MR) is 78.1 cm³/mol. The number of hydrogen-bond acceptors (Lipinski definition) is 1. The zero-order valence-corrected chi connectivity index (χ0v) is 12.1.